The molecule has 1 fully saturated rings. The average Bonchev–Trinajstić information content (AvgIpc) is 3.36. The van der Waals surface area contributed by atoms with Crippen LogP contribution >= 0.6 is 0 Å². The normalized spacial score (nSPS) is 17.0. The highest BCUT2D eigenvalue weighted by Gasteiger charge is 2.29. The highest BCUT2D eigenvalue weighted by molar-refractivity contribution is 7.89. The van der Waals surface area contributed by atoms with Crippen molar-refractivity contribution >= 4 is 26.5 Å². The molecule has 0 bridgehead atoms. The van der Waals surface area contributed by atoms with E-state index in [2.05, 4.69) is 4.90 Å². The van der Waals surface area contributed by atoms with Gasteiger partial charge in [-0.2, -0.15) is 4.31 Å². The van der Waals surface area contributed by atoms with Crippen LogP contribution in [0.5, 0.6) is 11.5 Å². The third-order valence-electron chi connectivity index (χ3n) is 6.63. The molecule has 0 aliphatic carbocycles. The molecule has 0 saturated carbocycles. The van der Waals surface area contributed by atoms with Crippen molar-refractivity contribution in [2.75, 3.05) is 31.6 Å². The van der Waals surface area contributed by atoms with Crippen molar-refractivity contribution in [1.29, 1.82) is 0 Å². The zero-order valence-corrected chi connectivity index (χ0v) is 19.1. The van der Waals surface area contributed by atoms with Crippen molar-refractivity contribution in [3.05, 3.63) is 59.7 Å². The van der Waals surface area contributed by atoms with Crippen molar-refractivity contribution < 1.29 is 18.3 Å². The summed E-state index contributed by atoms with van der Waals surface area (Å²) in [6.45, 7) is 2.61. The Kier molecular flexibility index (Phi) is 5.47. The minimum atomic E-state index is -3.43. The molecule has 0 atom stereocenters. The number of aromatic hydroxyl groups is 1. The summed E-state index contributed by atoms with van der Waals surface area (Å²) in [5.74, 6) is 1.01. The van der Waals surface area contributed by atoms with E-state index < -0.39 is 10.0 Å². The van der Waals surface area contributed by atoms with Crippen LogP contribution in [0.2, 0.25) is 0 Å². The first kappa shape index (κ1) is 21.1. The highest BCUT2D eigenvalue weighted by Crippen LogP contribution is 2.36. The van der Waals surface area contributed by atoms with Crippen LogP contribution in [0.25, 0.3) is 10.8 Å². The number of benzene rings is 3. The summed E-state index contributed by atoms with van der Waals surface area (Å²) < 4.78 is 33.0. The SMILES string of the molecule is COc1ccc2ccc(O)c(CN3CCCc4cc(S(=O)(=O)N5CCCC5)ccc43)c2c1. The lowest BCUT2D eigenvalue weighted by Gasteiger charge is -2.32. The first-order valence-corrected chi connectivity index (χ1v) is 12.6. The van der Waals surface area contributed by atoms with Crippen LogP contribution in [0.3, 0.4) is 0 Å². The summed E-state index contributed by atoms with van der Waals surface area (Å²) in [7, 11) is -1.79. The molecule has 1 saturated heterocycles. The molecule has 0 unspecified atom stereocenters. The molecule has 32 heavy (non-hydrogen) atoms. The number of nitrogens with zero attached hydrogens (tertiary/aromatic N) is 2. The Morgan fingerprint density at radius 2 is 1.75 bits per heavy atom. The first-order valence-electron chi connectivity index (χ1n) is 11.1. The van der Waals surface area contributed by atoms with E-state index in [0.717, 1.165) is 65.6 Å². The van der Waals surface area contributed by atoms with Gasteiger partial charge in [0.15, 0.2) is 0 Å². The fraction of sp³-hybridized carbons (Fsp3) is 0.360. The quantitative estimate of drug-likeness (QED) is 0.625. The Hall–Kier alpha value is -2.77. The number of methoxy groups -OCH3 is 1. The van der Waals surface area contributed by atoms with E-state index >= 15 is 0 Å². The van der Waals surface area contributed by atoms with E-state index in [9.17, 15) is 13.5 Å². The van der Waals surface area contributed by atoms with Gasteiger partial charge in [-0.05, 0) is 78.4 Å². The lowest BCUT2D eigenvalue weighted by atomic mass is 9.98. The van der Waals surface area contributed by atoms with Gasteiger partial charge in [0.2, 0.25) is 10.0 Å². The minimum Gasteiger partial charge on any atom is -0.508 e. The van der Waals surface area contributed by atoms with Crippen LogP contribution in [0.4, 0.5) is 5.69 Å². The summed E-state index contributed by atoms with van der Waals surface area (Å²) in [5, 5.41) is 12.7. The summed E-state index contributed by atoms with van der Waals surface area (Å²) in [6.07, 6.45) is 3.65. The summed E-state index contributed by atoms with van der Waals surface area (Å²) in [6, 6.07) is 15.0. The number of ether oxygens (including phenoxy) is 1. The van der Waals surface area contributed by atoms with Gasteiger partial charge in [-0.3, -0.25) is 0 Å². The third-order valence-corrected chi connectivity index (χ3v) is 8.53. The molecule has 0 aromatic heterocycles. The van der Waals surface area contributed by atoms with Crippen LogP contribution in [0.1, 0.15) is 30.4 Å². The zero-order chi connectivity index (χ0) is 22.3. The smallest absolute Gasteiger partial charge is 0.243 e. The van der Waals surface area contributed by atoms with E-state index in [-0.39, 0.29) is 5.75 Å². The fourth-order valence-corrected chi connectivity index (χ4v) is 6.46. The molecular weight excluding hydrogens is 424 g/mol. The molecule has 0 amide bonds. The van der Waals surface area contributed by atoms with Crippen LogP contribution < -0.4 is 9.64 Å². The monoisotopic (exact) mass is 452 g/mol. The van der Waals surface area contributed by atoms with Crippen molar-refractivity contribution in [1.82, 2.24) is 4.31 Å². The Morgan fingerprint density at radius 1 is 0.969 bits per heavy atom. The number of rotatable bonds is 5. The Balaban J connectivity index is 1.50. The Labute approximate surface area is 189 Å². The minimum absolute atomic E-state index is 0.256. The summed E-state index contributed by atoms with van der Waals surface area (Å²) in [5.41, 5.74) is 2.94. The number of anilines is 1. The van der Waals surface area contributed by atoms with Crippen LogP contribution in [0, 0.1) is 0 Å². The number of hydrogen-bond acceptors (Lipinski definition) is 5. The number of hydrogen-bond donors (Lipinski definition) is 1. The second kappa shape index (κ2) is 8.30. The molecule has 3 aromatic rings. The van der Waals surface area contributed by atoms with Crippen LogP contribution in [-0.2, 0) is 23.0 Å². The Morgan fingerprint density at radius 3 is 2.53 bits per heavy atom. The Bertz CT molecular complexity index is 1270. The van der Waals surface area contributed by atoms with Gasteiger partial charge < -0.3 is 14.7 Å². The molecule has 0 spiro atoms. The largest absolute Gasteiger partial charge is 0.508 e. The maximum Gasteiger partial charge on any atom is 0.243 e. The topological polar surface area (TPSA) is 70.1 Å². The predicted octanol–water partition coefficient (Wildman–Crippen LogP) is 4.29. The second-order valence-corrected chi connectivity index (χ2v) is 10.5. The number of fused-ring (bicyclic) bond motifs is 2. The van der Waals surface area contributed by atoms with E-state index in [0.29, 0.717) is 24.5 Å². The molecule has 2 heterocycles. The number of phenols is 1. The fourth-order valence-electron chi connectivity index (χ4n) is 4.89. The first-order chi connectivity index (χ1) is 15.5. The van der Waals surface area contributed by atoms with Crippen LogP contribution in [-0.4, -0.2) is 44.6 Å². The van der Waals surface area contributed by atoms with E-state index in [1.165, 1.54) is 0 Å². The number of sulfonamides is 1. The molecule has 168 valence electrons. The highest BCUT2D eigenvalue weighted by atomic mass is 32.2. The molecule has 6 nitrogen and oxygen atoms in total. The average molecular weight is 453 g/mol. The maximum atomic E-state index is 13.0. The van der Waals surface area contributed by atoms with Crippen molar-refractivity contribution in [3.63, 3.8) is 0 Å². The van der Waals surface area contributed by atoms with E-state index in [1.54, 1.807) is 23.5 Å². The molecule has 0 radical (unpaired) electrons. The molecular formula is C25H28N2O4S. The summed E-state index contributed by atoms with van der Waals surface area (Å²) >= 11 is 0. The van der Waals surface area contributed by atoms with Gasteiger partial charge in [0.25, 0.3) is 0 Å². The lowest BCUT2D eigenvalue weighted by molar-refractivity contribution is 0.415. The molecule has 1 N–H and O–H groups in total. The van der Waals surface area contributed by atoms with Gasteiger partial charge in [0.1, 0.15) is 11.5 Å². The maximum absolute atomic E-state index is 13.0. The standard InChI is InChI=1S/C25H28N2O4S/c1-31-20-8-6-18-7-11-25(28)23(22(18)16-20)17-26-12-4-5-19-15-21(9-10-24(19)26)32(29,30)27-13-2-3-14-27/h6-11,15-16,28H,2-5,12-14,17H2,1H3. The van der Waals surface area contributed by atoms with Crippen molar-refractivity contribution in [2.24, 2.45) is 0 Å². The second-order valence-electron chi connectivity index (χ2n) is 8.58. The predicted molar refractivity (Wildman–Crippen MR) is 126 cm³/mol. The van der Waals surface area contributed by atoms with Crippen molar-refractivity contribution in [3.8, 4) is 11.5 Å². The molecule has 2 aliphatic heterocycles. The zero-order valence-electron chi connectivity index (χ0n) is 18.3. The molecule has 2 aliphatic rings. The lowest BCUT2D eigenvalue weighted by Crippen LogP contribution is -2.30. The molecule has 7 heteroatoms. The van der Waals surface area contributed by atoms with Gasteiger partial charge in [-0.25, -0.2) is 8.42 Å². The van der Waals surface area contributed by atoms with Gasteiger partial charge >= 0.3 is 0 Å². The third kappa shape index (κ3) is 3.69. The van der Waals surface area contributed by atoms with Gasteiger partial charge in [0, 0.05) is 37.4 Å². The number of aryl methyl sites for hydroxylation is 1. The molecule has 5 rings (SSSR count). The van der Waals surface area contributed by atoms with E-state index in [1.807, 2.05) is 36.4 Å². The van der Waals surface area contributed by atoms with Crippen molar-refractivity contribution in [2.45, 2.75) is 37.1 Å². The van der Waals surface area contributed by atoms with Gasteiger partial charge in [0.05, 0.1) is 12.0 Å². The van der Waals surface area contributed by atoms with Gasteiger partial charge in [-0.15, -0.1) is 0 Å². The molecule has 3 aromatic carbocycles. The number of phenolic OH excluding ortho intramolecular Hbond substituents is 1. The van der Waals surface area contributed by atoms with Gasteiger partial charge in [-0.1, -0.05) is 12.1 Å². The van der Waals surface area contributed by atoms with Crippen LogP contribution in [0.15, 0.2) is 53.4 Å². The summed E-state index contributed by atoms with van der Waals surface area (Å²) in [4.78, 5) is 2.62. The van der Waals surface area contributed by atoms with E-state index in [4.69, 9.17) is 4.74 Å².